The van der Waals surface area contributed by atoms with Crippen molar-refractivity contribution < 1.29 is 14.3 Å². The van der Waals surface area contributed by atoms with Gasteiger partial charge in [-0.25, -0.2) is 0 Å². The predicted octanol–water partition coefficient (Wildman–Crippen LogP) is 3.01. The summed E-state index contributed by atoms with van der Waals surface area (Å²) in [5.74, 6) is 1.53. The summed E-state index contributed by atoms with van der Waals surface area (Å²) < 4.78 is 5.92. The third-order valence-corrected chi connectivity index (χ3v) is 5.64. The Morgan fingerprint density at radius 3 is 2.57 bits per heavy atom. The van der Waals surface area contributed by atoms with E-state index in [-0.39, 0.29) is 17.9 Å². The molecule has 1 heterocycles. The first-order chi connectivity index (χ1) is 13.3. The van der Waals surface area contributed by atoms with Crippen LogP contribution in [-0.2, 0) is 4.79 Å². The highest BCUT2D eigenvalue weighted by Gasteiger charge is 2.35. The van der Waals surface area contributed by atoms with E-state index in [1.54, 1.807) is 25.1 Å². The highest BCUT2D eigenvalue weighted by atomic mass is 16.5. The summed E-state index contributed by atoms with van der Waals surface area (Å²) in [6.45, 7) is 5.72. The highest BCUT2D eigenvalue weighted by Crippen LogP contribution is 2.35. The van der Waals surface area contributed by atoms with Crippen LogP contribution in [0.1, 0.15) is 49.9 Å². The van der Waals surface area contributed by atoms with E-state index >= 15 is 0 Å². The number of nitrogens with zero attached hydrogens (tertiary/aromatic N) is 3. The number of carbonyl (C=O) groups is 2. The minimum atomic E-state index is -0.0389. The second kappa shape index (κ2) is 8.41. The van der Waals surface area contributed by atoms with Gasteiger partial charge in [0, 0.05) is 39.3 Å². The van der Waals surface area contributed by atoms with Crippen LogP contribution in [-0.4, -0.2) is 68.0 Å². The predicted molar refractivity (Wildman–Crippen MR) is 111 cm³/mol. The van der Waals surface area contributed by atoms with Crippen LogP contribution in [0.5, 0.6) is 5.75 Å². The molecular weight excluding hydrogens is 354 g/mol. The van der Waals surface area contributed by atoms with E-state index in [4.69, 9.17) is 4.74 Å². The molecule has 2 aliphatic rings. The fourth-order valence-corrected chi connectivity index (χ4v) is 3.61. The molecule has 1 saturated carbocycles. The van der Waals surface area contributed by atoms with Crippen LogP contribution in [0.3, 0.4) is 0 Å². The molecule has 2 amide bonds. The maximum absolute atomic E-state index is 13.0. The van der Waals surface area contributed by atoms with E-state index in [1.807, 2.05) is 19.2 Å². The third kappa shape index (κ3) is 4.59. The van der Waals surface area contributed by atoms with Gasteiger partial charge in [-0.1, -0.05) is 13.8 Å². The minimum Gasteiger partial charge on any atom is -0.489 e. The molecule has 6 heteroatoms. The summed E-state index contributed by atoms with van der Waals surface area (Å²) >= 11 is 0. The molecule has 154 valence electrons. The van der Waals surface area contributed by atoms with Crippen molar-refractivity contribution >= 4 is 17.5 Å². The van der Waals surface area contributed by atoms with Crippen molar-refractivity contribution in [1.82, 2.24) is 9.80 Å². The SMILES string of the molecule is CC(C)CCN(C(=O)CC1COc2ccc(C(=O)N(C)C)cc2N1C)C1CC1. The maximum atomic E-state index is 13.0. The first-order valence-electron chi connectivity index (χ1n) is 10.3. The Bertz CT molecular complexity index is 728. The van der Waals surface area contributed by atoms with Crippen molar-refractivity contribution in [2.24, 2.45) is 5.92 Å². The third-order valence-electron chi connectivity index (χ3n) is 5.64. The normalized spacial score (nSPS) is 18.5. The zero-order valence-electron chi connectivity index (χ0n) is 17.8. The molecule has 0 radical (unpaired) electrons. The molecule has 1 aromatic carbocycles. The molecule has 1 aliphatic carbocycles. The molecule has 0 saturated heterocycles. The Morgan fingerprint density at radius 2 is 1.96 bits per heavy atom. The summed E-state index contributed by atoms with van der Waals surface area (Å²) in [5.41, 5.74) is 1.50. The number of likely N-dealkylation sites (N-methyl/N-ethyl adjacent to an activating group) is 1. The van der Waals surface area contributed by atoms with Gasteiger partial charge in [0.15, 0.2) is 0 Å². The van der Waals surface area contributed by atoms with E-state index in [9.17, 15) is 9.59 Å². The summed E-state index contributed by atoms with van der Waals surface area (Å²) in [5, 5.41) is 0. The van der Waals surface area contributed by atoms with Crippen molar-refractivity contribution in [3.05, 3.63) is 23.8 Å². The molecule has 3 rings (SSSR count). The summed E-state index contributed by atoms with van der Waals surface area (Å²) in [6, 6.07) is 5.91. The Balaban J connectivity index is 1.70. The molecule has 1 atom stereocenters. The van der Waals surface area contributed by atoms with Crippen LogP contribution >= 0.6 is 0 Å². The van der Waals surface area contributed by atoms with E-state index in [0.29, 0.717) is 30.6 Å². The summed E-state index contributed by atoms with van der Waals surface area (Å²) in [7, 11) is 5.47. The second-order valence-electron chi connectivity index (χ2n) is 8.66. The van der Waals surface area contributed by atoms with Gasteiger partial charge < -0.3 is 19.4 Å². The van der Waals surface area contributed by atoms with Crippen LogP contribution in [0.2, 0.25) is 0 Å². The van der Waals surface area contributed by atoms with Crippen molar-refractivity contribution in [3.63, 3.8) is 0 Å². The van der Waals surface area contributed by atoms with Gasteiger partial charge in [-0.2, -0.15) is 0 Å². The van der Waals surface area contributed by atoms with Crippen molar-refractivity contribution in [2.45, 2.75) is 51.6 Å². The largest absolute Gasteiger partial charge is 0.489 e. The number of fused-ring (bicyclic) bond motifs is 1. The van der Waals surface area contributed by atoms with Gasteiger partial charge in [-0.3, -0.25) is 9.59 Å². The molecule has 1 fully saturated rings. The number of anilines is 1. The van der Waals surface area contributed by atoms with Gasteiger partial charge in [0.05, 0.1) is 18.2 Å². The molecule has 0 aromatic heterocycles. The number of benzene rings is 1. The first-order valence-corrected chi connectivity index (χ1v) is 10.3. The minimum absolute atomic E-state index is 0.0231. The fraction of sp³-hybridized carbons (Fsp3) is 0.636. The zero-order valence-corrected chi connectivity index (χ0v) is 17.8. The number of hydrogen-bond donors (Lipinski definition) is 0. The Morgan fingerprint density at radius 1 is 1.25 bits per heavy atom. The van der Waals surface area contributed by atoms with Crippen LogP contribution in [0.4, 0.5) is 5.69 Å². The second-order valence-corrected chi connectivity index (χ2v) is 8.66. The van der Waals surface area contributed by atoms with Crippen LogP contribution in [0.25, 0.3) is 0 Å². The molecule has 28 heavy (non-hydrogen) atoms. The van der Waals surface area contributed by atoms with Gasteiger partial charge in [0.1, 0.15) is 12.4 Å². The number of hydrogen-bond acceptors (Lipinski definition) is 4. The van der Waals surface area contributed by atoms with Gasteiger partial charge >= 0.3 is 0 Å². The molecule has 0 bridgehead atoms. The molecular formula is C22H33N3O3. The average Bonchev–Trinajstić information content (AvgIpc) is 3.48. The molecule has 0 N–H and O–H groups in total. The lowest BCUT2D eigenvalue weighted by Crippen LogP contribution is -2.45. The zero-order chi connectivity index (χ0) is 20.4. The van der Waals surface area contributed by atoms with E-state index in [2.05, 4.69) is 23.6 Å². The lowest BCUT2D eigenvalue weighted by atomic mass is 10.1. The number of carbonyl (C=O) groups excluding carboxylic acids is 2. The monoisotopic (exact) mass is 387 g/mol. The topological polar surface area (TPSA) is 53.1 Å². The lowest BCUT2D eigenvalue weighted by Gasteiger charge is -2.37. The average molecular weight is 388 g/mol. The van der Waals surface area contributed by atoms with Gasteiger partial charge in [0.25, 0.3) is 5.91 Å². The number of amides is 2. The molecule has 1 aromatic rings. The molecule has 0 spiro atoms. The summed E-state index contributed by atoms with van der Waals surface area (Å²) in [4.78, 5) is 31.0. The van der Waals surface area contributed by atoms with E-state index in [1.165, 1.54) is 0 Å². The molecule has 1 aliphatic heterocycles. The van der Waals surface area contributed by atoms with Crippen molar-refractivity contribution in [2.75, 3.05) is 39.2 Å². The molecule has 1 unspecified atom stereocenters. The van der Waals surface area contributed by atoms with Crippen molar-refractivity contribution in [3.8, 4) is 5.75 Å². The lowest BCUT2D eigenvalue weighted by molar-refractivity contribution is -0.132. The van der Waals surface area contributed by atoms with Crippen LogP contribution in [0, 0.1) is 5.92 Å². The van der Waals surface area contributed by atoms with Crippen LogP contribution < -0.4 is 9.64 Å². The maximum Gasteiger partial charge on any atom is 0.253 e. The van der Waals surface area contributed by atoms with Gasteiger partial charge in [-0.05, 0) is 43.4 Å². The Labute approximate surface area is 168 Å². The number of rotatable bonds is 7. The first kappa shape index (κ1) is 20.5. The van der Waals surface area contributed by atoms with E-state index in [0.717, 1.165) is 37.2 Å². The number of ether oxygens (including phenoxy) is 1. The van der Waals surface area contributed by atoms with Gasteiger partial charge in [0.2, 0.25) is 5.91 Å². The quantitative estimate of drug-likeness (QED) is 0.722. The van der Waals surface area contributed by atoms with Crippen LogP contribution in [0.15, 0.2) is 18.2 Å². The Hall–Kier alpha value is -2.24. The van der Waals surface area contributed by atoms with E-state index < -0.39 is 0 Å². The van der Waals surface area contributed by atoms with Crippen molar-refractivity contribution in [1.29, 1.82) is 0 Å². The standard InChI is InChI=1S/C22H33N3O3/c1-15(2)10-11-25(17-7-8-17)21(26)13-18-14-28-20-9-6-16(22(27)23(3)4)12-19(20)24(18)5/h6,9,12,15,17-18H,7-8,10-11,13-14H2,1-5H3. The fourth-order valence-electron chi connectivity index (χ4n) is 3.61. The smallest absolute Gasteiger partial charge is 0.253 e. The van der Waals surface area contributed by atoms with Gasteiger partial charge in [-0.15, -0.1) is 0 Å². The highest BCUT2D eigenvalue weighted by molar-refractivity contribution is 5.95. The summed E-state index contributed by atoms with van der Waals surface area (Å²) in [6.07, 6.45) is 3.73. The molecule has 6 nitrogen and oxygen atoms in total. The Kier molecular flexibility index (Phi) is 6.16.